The zero-order valence-electron chi connectivity index (χ0n) is 37.7. The van der Waals surface area contributed by atoms with Gasteiger partial charge in [-0.1, -0.05) is 97.1 Å². The van der Waals surface area contributed by atoms with E-state index in [1.165, 1.54) is 25.1 Å². The summed E-state index contributed by atoms with van der Waals surface area (Å²) in [6.07, 6.45) is 3.94. The number of carbonyl (C=O) groups is 1. The van der Waals surface area contributed by atoms with Crippen molar-refractivity contribution in [1.29, 1.82) is 0 Å². The average molecular weight is 969 g/mol. The molecule has 0 N–H and O–H groups in total. The Labute approximate surface area is 418 Å². The van der Waals surface area contributed by atoms with Gasteiger partial charge in [-0.05, 0) is 145 Å². The third kappa shape index (κ3) is 9.51. The highest BCUT2D eigenvalue weighted by molar-refractivity contribution is 7.25. The summed E-state index contributed by atoms with van der Waals surface area (Å²) < 4.78 is 12.2. The summed E-state index contributed by atoms with van der Waals surface area (Å²) >= 11 is 6.79. The lowest BCUT2D eigenvalue weighted by Crippen LogP contribution is -2.36. The molecule has 0 spiro atoms. The van der Waals surface area contributed by atoms with E-state index in [9.17, 15) is 4.79 Å². The van der Waals surface area contributed by atoms with Gasteiger partial charge in [0.25, 0.3) is 0 Å². The minimum absolute atomic E-state index is 0.398. The second-order valence-corrected chi connectivity index (χ2v) is 21.1. The van der Waals surface area contributed by atoms with Gasteiger partial charge in [-0.15, -0.1) is 45.3 Å². The molecule has 1 aliphatic rings. The molecule has 11 rings (SSSR count). The second-order valence-electron chi connectivity index (χ2n) is 16.8. The van der Waals surface area contributed by atoms with E-state index in [0.29, 0.717) is 11.3 Å². The van der Waals surface area contributed by atoms with Crippen LogP contribution in [0.15, 0.2) is 230 Å². The number of cyclic esters (lactones) is 1. The molecule has 5 heterocycles. The fraction of sp³-hybridized carbons (Fsp3) is 0.0500. The van der Waals surface area contributed by atoms with Crippen molar-refractivity contribution in [1.82, 2.24) is 0 Å². The number of hydrogen-bond acceptors (Lipinski definition) is 9. The van der Waals surface area contributed by atoms with Gasteiger partial charge in [-0.25, -0.2) is 4.79 Å². The van der Waals surface area contributed by atoms with Crippen LogP contribution in [0.2, 0.25) is 0 Å². The van der Waals surface area contributed by atoms with E-state index in [1.54, 1.807) is 59.2 Å². The molecule has 6 aromatic carbocycles. The van der Waals surface area contributed by atoms with E-state index in [0.717, 1.165) is 59.2 Å². The molecule has 0 amide bonds. The van der Waals surface area contributed by atoms with Gasteiger partial charge in [0, 0.05) is 87.0 Å². The first-order chi connectivity index (χ1) is 33.8. The van der Waals surface area contributed by atoms with Crippen LogP contribution in [0, 0.1) is 0 Å². The highest BCUT2D eigenvalue weighted by Gasteiger charge is 2.36. The quantitative estimate of drug-likeness (QED) is 0.108. The smallest absolute Gasteiger partial charge is 0.346 e. The molecule has 0 saturated heterocycles. The number of allylic oxidation sites excluding steroid dienone is 1. The first-order valence-corrected chi connectivity index (χ1v) is 25.9. The largest absolute Gasteiger partial charge is 0.452 e. The first kappa shape index (κ1) is 44.0. The predicted octanol–water partition coefficient (Wildman–Crippen LogP) is 18.3. The first-order valence-electron chi connectivity index (χ1n) is 22.6. The molecule has 1 aliphatic heterocycles. The summed E-state index contributed by atoms with van der Waals surface area (Å²) in [4.78, 5) is 27.1. The molecule has 69 heavy (non-hydrogen) atoms. The van der Waals surface area contributed by atoms with Gasteiger partial charge in [-0.2, -0.15) is 0 Å². The van der Waals surface area contributed by atoms with Crippen LogP contribution in [0.4, 0.5) is 34.1 Å². The summed E-state index contributed by atoms with van der Waals surface area (Å²) in [5, 5.41) is 0. The Morgan fingerprint density at radius 2 is 0.710 bits per heavy atom. The van der Waals surface area contributed by atoms with Crippen molar-refractivity contribution in [3.63, 3.8) is 0 Å². The molecule has 0 atom stereocenters. The van der Waals surface area contributed by atoms with E-state index in [2.05, 4.69) is 198 Å². The molecule has 10 aromatic rings. The molecule has 9 heteroatoms. The summed E-state index contributed by atoms with van der Waals surface area (Å²) in [5.41, 5.74) is 9.37. The number of esters is 1. The predicted molar refractivity (Wildman–Crippen MR) is 293 cm³/mol. The topological polar surface area (TPSA) is 42.0 Å². The number of rotatable bonds is 13. The molecule has 0 bridgehead atoms. The summed E-state index contributed by atoms with van der Waals surface area (Å²) in [6, 6.07) is 76.4. The number of anilines is 6. The number of nitrogens with zero attached hydrogens (tertiary/aromatic N) is 2. The molecular formula is C60H44N2O3S4. The van der Waals surface area contributed by atoms with Gasteiger partial charge >= 0.3 is 5.97 Å². The fourth-order valence-corrected chi connectivity index (χ4v) is 12.5. The van der Waals surface area contributed by atoms with Crippen molar-refractivity contribution in [2.45, 2.75) is 19.6 Å². The Balaban J connectivity index is 0.805. The Kier molecular flexibility index (Phi) is 12.3. The highest BCUT2D eigenvalue weighted by atomic mass is 32.1. The van der Waals surface area contributed by atoms with Crippen LogP contribution < -0.4 is 9.80 Å². The molecule has 5 nitrogen and oxygen atoms in total. The van der Waals surface area contributed by atoms with E-state index in [-0.39, 0.29) is 0 Å². The van der Waals surface area contributed by atoms with Gasteiger partial charge in [-0.3, -0.25) is 0 Å². The van der Waals surface area contributed by atoms with Gasteiger partial charge in [0.2, 0.25) is 5.79 Å². The fourth-order valence-electron chi connectivity index (χ4n) is 8.39. The van der Waals surface area contributed by atoms with Crippen LogP contribution in [-0.4, -0.2) is 11.8 Å². The number of ether oxygens (including phenoxy) is 2. The van der Waals surface area contributed by atoms with Crippen LogP contribution >= 0.6 is 45.3 Å². The van der Waals surface area contributed by atoms with Crippen LogP contribution in [0.25, 0.3) is 52.0 Å². The molecule has 0 aliphatic carbocycles. The second kappa shape index (κ2) is 19.2. The lowest BCUT2D eigenvalue weighted by atomic mass is 10.1. The van der Waals surface area contributed by atoms with Crippen molar-refractivity contribution < 1.29 is 14.3 Å². The average Bonchev–Trinajstić information content (AvgIpc) is 4.24. The Morgan fingerprint density at radius 3 is 1.14 bits per heavy atom. The van der Waals surface area contributed by atoms with Crippen molar-refractivity contribution in [3.8, 4) is 40.4 Å². The SMILES string of the molecule is CC1(C)OC(=O)C(c2ccc(-c3ccc(-c4ccc(N(c5ccccc5)c5ccccc5)cc4)s3)s2)=C(/C=C/c2ccc(-c3ccc(-c4ccc(N(c5ccccc5)c5ccccc5)cc4)s3)s2)O1. The molecular weight excluding hydrogens is 925 g/mol. The molecule has 0 unspecified atom stereocenters. The Morgan fingerprint density at radius 1 is 0.362 bits per heavy atom. The minimum atomic E-state index is -1.11. The zero-order chi connectivity index (χ0) is 46.7. The Bertz CT molecular complexity index is 3340. The van der Waals surface area contributed by atoms with Crippen LogP contribution in [0.3, 0.4) is 0 Å². The van der Waals surface area contributed by atoms with Crippen molar-refractivity contribution in [2.24, 2.45) is 0 Å². The third-order valence-electron chi connectivity index (χ3n) is 11.6. The molecule has 0 radical (unpaired) electrons. The van der Waals surface area contributed by atoms with Gasteiger partial charge in [0.1, 0.15) is 11.3 Å². The molecule has 0 fully saturated rings. The number of carbonyl (C=O) groups excluding carboxylic acids is 1. The van der Waals surface area contributed by atoms with E-state index >= 15 is 0 Å². The summed E-state index contributed by atoms with van der Waals surface area (Å²) in [6.45, 7) is 3.54. The zero-order valence-corrected chi connectivity index (χ0v) is 41.0. The van der Waals surface area contributed by atoms with E-state index in [4.69, 9.17) is 9.47 Å². The summed E-state index contributed by atoms with van der Waals surface area (Å²) in [5.74, 6) is -1.01. The van der Waals surface area contributed by atoms with Crippen LogP contribution in [-0.2, 0) is 14.3 Å². The lowest BCUT2D eigenvalue weighted by molar-refractivity contribution is -0.200. The number of hydrogen-bond donors (Lipinski definition) is 0. The highest BCUT2D eigenvalue weighted by Crippen LogP contribution is 2.44. The summed E-state index contributed by atoms with van der Waals surface area (Å²) in [7, 11) is 0. The maximum Gasteiger partial charge on any atom is 0.346 e. The van der Waals surface area contributed by atoms with Gasteiger partial charge in [0.05, 0.1) is 0 Å². The number of thiophene rings is 4. The molecule has 4 aromatic heterocycles. The van der Waals surface area contributed by atoms with Crippen molar-refractivity contribution in [3.05, 3.63) is 240 Å². The lowest BCUT2D eigenvalue weighted by Gasteiger charge is -2.32. The van der Waals surface area contributed by atoms with Crippen LogP contribution in [0.5, 0.6) is 0 Å². The maximum atomic E-state index is 13.7. The maximum absolute atomic E-state index is 13.7. The number of benzene rings is 6. The molecule has 0 saturated carbocycles. The van der Waals surface area contributed by atoms with Crippen molar-refractivity contribution >= 4 is 97.1 Å². The van der Waals surface area contributed by atoms with Crippen LogP contribution in [0.1, 0.15) is 23.6 Å². The standard InChI is InChI=1S/C60H44N2O3S4/c1-60(2)64-50(33-31-49-32-34-53(66-49)54-37-35-51(67-54)41-23-27-47(28-24-41)61(43-15-7-3-8-16-43)44-17-9-4-10-18-44)58(59(63)65-60)57-40-39-56(69-57)55-38-36-52(68-55)42-25-29-48(30-26-42)62(45-19-11-5-12-20-45)46-21-13-6-14-22-46/h3-40H,1-2H3/b33-31+. The normalized spacial score (nSPS) is 13.3. The number of para-hydroxylation sites is 4. The van der Waals surface area contributed by atoms with Gasteiger partial charge in [0.15, 0.2) is 0 Å². The molecule has 336 valence electrons. The van der Waals surface area contributed by atoms with Crippen molar-refractivity contribution in [2.75, 3.05) is 9.80 Å². The van der Waals surface area contributed by atoms with Gasteiger partial charge < -0.3 is 19.3 Å². The minimum Gasteiger partial charge on any atom is -0.452 e. The van der Waals surface area contributed by atoms with E-state index < -0.39 is 11.8 Å². The third-order valence-corrected chi connectivity index (χ3v) is 16.4. The Hall–Kier alpha value is -7.53. The monoisotopic (exact) mass is 968 g/mol. The van der Waals surface area contributed by atoms with E-state index in [1.807, 2.05) is 42.5 Å².